The van der Waals surface area contributed by atoms with Crippen LogP contribution in [0.2, 0.25) is 0 Å². The maximum atomic E-state index is 12.2. The van der Waals surface area contributed by atoms with Gasteiger partial charge in [0, 0.05) is 17.4 Å². The van der Waals surface area contributed by atoms with E-state index in [4.69, 9.17) is 15.2 Å². The monoisotopic (exact) mass is 286 g/mol. The van der Waals surface area contributed by atoms with E-state index in [1.54, 1.807) is 49.6 Å². The molecule has 0 saturated heterocycles. The third-order valence-corrected chi connectivity index (χ3v) is 2.93. The Bertz CT molecular complexity index is 641. The average molecular weight is 286 g/mol. The van der Waals surface area contributed by atoms with E-state index in [-0.39, 0.29) is 5.91 Å². The van der Waals surface area contributed by atoms with E-state index in [1.165, 1.54) is 0 Å². The number of nitrogen functional groups attached to an aromatic ring is 1. The molecule has 0 unspecified atom stereocenters. The van der Waals surface area contributed by atoms with Gasteiger partial charge in [-0.05, 0) is 31.2 Å². The molecule has 0 aliphatic heterocycles. The predicted molar refractivity (Wildman–Crippen MR) is 83.0 cm³/mol. The highest BCUT2D eigenvalue weighted by atomic mass is 16.5. The first-order valence-corrected chi connectivity index (χ1v) is 6.62. The summed E-state index contributed by atoms with van der Waals surface area (Å²) >= 11 is 0. The molecule has 21 heavy (non-hydrogen) atoms. The van der Waals surface area contributed by atoms with Crippen LogP contribution in [0.4, 0.5) is 11.4 Å². The van der Waals surface area contributed by atoms with Crippen molar-refractivity contribution in [2.45, 2.75) is 6.92 Å². The quantitative estimate of drug-likeness (QED) is 0.829. The molecule has 2 rings (SSSR count). The molecule has 110 valence electrons. The summed E-state index contributed by atoms with van der Waals surface area (Å²) in [6.07, 6.45) is 0. The number of nitrogens with one attached hydrogen (secondary N) is 1. The van der Waals surface area contributed by atoms with Gasteiger partial charge in [-0.2, -0.15) is 0 Å². The smallest absolute Gasteiger partial charge is 0.257 e. The standard InChI is InChI=1S/C16H18N2O3/c1-3-21-15-10-11(8-9-14(15)20-2)18-16(19)12-6-4-5-7-13(12)17/h4-10H,3,17H2,1-2H3,(H,18,19). The van der Waals surface area contributed by atoms with Crippen molar-refractivity contribution in [3.05, 3.63) is 48.0 Å². The Balaban J connectivity index is 2.21. The summed E-state index contributed by atoms with van der Waals surface area (Å²) in [5.41, 5.74) is 7.29. The number of rotatable bonds is 5. The highest BCUT2D eigenvalue weighted by molar-refractivity contribution is 6.07. The Labute approximate surface area is 123 Å². The van der Waals surface area contributed by atoms with Gasteiger partial charge in [-0.15, -0.1) is 0 Å². The highest BCUT2D eigenvalue weighted by Gasteiger charge is 2.11. The summed E-state index contributed by atoms with van der Waals surface area (Å²) in [6, 6.07) is 12.1. The van der Waals surface area contributed by atoms with Crippen molar-refractivity contribution >= 4 is 17.3 Å². The van der Waals surface area contributed by atoms with Crippen LogP contribution in [0, 0.1) is 0 Å². The van der Waals surface area contributed by atoms with E-state index in [0.717, 1.165) is 0 Å². The molecule has 0 aliphatic carbocycles. The summed E-state index contributed by atoms with van der Waals surface area (Å²) in [6.45, 7) is 2.40. The number of para-hydroxylation sites is 1. The number of anilines is 2. The Morgan fingerprint density at radius 2 is 1.95 bits per heavy atom. The van der Waals surface area contributed by atoms with Crippen LogP contribution in [-0.2, 0) is 0 Å². The zero-order valence-electron chi connectivity index (χ0n) is 12.1. The lowest BCUT2D eigenvalue weighted by molar-refractivity contribution is 0.102. The second kappa shape index (κ2) is 6.65. The normalized spacial score (nSPS) is 10.0. The number of hydrogen-bond acceptors (Lipinski definition) is 4. The molecule has 0 aliphatic rings. The largest absolute Gasteiger partial charge is 0.493 e. The van der Waals surface area contributed by atoms with Gasteiger partial charge < -0.3 is 20.5 Å². The minimum Gasteiger partial charge on any atom is -0.493 e. The van der Waals surface area contributed by atoms with Crippen molar-refractivity contribution < 1.29 is 14.3 Å². The summed E-state index contributed by atoms with van der Waals surface area (Å²) in [5.74, 6) is 0.939. The number of benzene rings is 2. The third-order valence-electron chi connectivity index (χ3n) is 2.93. The van der Waals surface area contributed by atoms with E-state index in [9.17, 15) is 4.79 Å². The molecule has 0 aromatic heterocycles. The Hall–Kier alpha value is -2.69. The van der Waals surface area contributed by atoms with Crippen LogP contribution in [0.15, 0.2) is 42.5 Å². The zero-order chi connectivity index (χ0) is 15.2. The van der Waals surface area contributed by atoms with Crippen LogP contribution >= 0.6 is 0 Å². The lowest BCUT2D eigenvalue weighted by Gasteiger charge is -2.12. The molecule has 5 nitrogen and oxygen atoms in total. The topological polar surface area (TPSA) is 73.6 Å². The fourth-order valence-electron chi connectivity index (χ4n) is 1.92. The van der Waals surface area contributed by atoms with E-state index in [1.807, 2.05) is 6.92 Å². The molecule has 0 bridgehead atoms. The van der Waals surface area contributed by atoms with Crippen molar-refractivity contribution in [2.24, 2.45) is 0 Å². The molecule has 0 atom stereocenters. The summed E-state index contributed by atoms with van der Waals surface area (Å²) in [5, 5.41) is 2.79. The van der Waals surface area contributed by atoms with Gasteiger partial charge in [-0.1, -0.05) is 12.1 Å². The molecule has 0 spiro atoms. The molecule has 3 N–H and O–H groups in total. The second-order valence-corrected chi connectivity index (χ2v) is 4.34. The van der Waals surface area contributed by atoms with Crippen molar-refractivity contribution in [1.82, 2.24) is 0 Å². The number of hydrogen-bond donors (Lipinski definition) is 2. The summed E-state index contributed by atoms with van der Waals surface area (Å²) in [7, 11) is 1.57. The highest BCUT2D eigenvalue weighted by Crippen LogP contribution is 2.30. The minimum atomic E-state index is -0.263. The molecule has 2 aromatic rings. The fourth-order valence-corrected chi connectivity index (χ4v) is 1.92. The molecule has 0 radical (unpaired) electrons. The first-order valence-electron chi connectivity index (χ1n) is 6.62. The van der Waals surface area contributed by atoms with Gasteiger partial charge >= 0.3 is 0 Å². The number of carbonyl (C=O) groups excluding carboxylic acids is 1. The van der Waals surface area contributed by atoms with Crippen LogP contribution in [0.3, 0.4) is 0 Å². The van der Waals surface area contributed by atoms with Crippen LogP contribution in [0.1, 0.15) is 17.3 Å². The fraction of sp³-hybridized carbons (Fsp3) is 0.188. The van der Waals surface area contributed by atoms with Crippen molar-refractivity contribution in [3.8, 4) is 11.5 Å². The van der Waals surface area contributed by atoms with Crippen molar-refractivity contribution in [3.63, 3.8) is 0 Å². The van der Waals surface area contributed by atoms with Gasteiger partial charge in [-0.25, -0.2) is 0 Å². The van der Waals surface area contributed by atoms with Gasteiger partial charge in [0.15, 0.2) is 11.5 Å². The molecule has 2 aromatic carbocycles. The minimum absolute atomic E-state index is 0.263. The maximum Gasteiger partial charge on any atom is 0.257 e. The molecule has 5 heteroatoms. The molecule has 0 fully saturated rings. The second-order valence-electron chi connectivity index (χ2n) is 4.34. The van der Waals surface area contributed by atoms with Crippen LogP contribution in [0.25, 0.3) is 0 Å². The van der Waals surface area contributed by atoms with Crippen LogP contribution in [-0.4, -0.2) is 19.6 Å². The molecule has 1 amide bonds. The SMILES string of the molecule is CCOc1cc(NC(=O)c2ccccc2N)ccc1OC. The molecular formula is C16H18N2O3. The molecule has 0 heterocycles. The van der Waals surface area contributed by atoms with E-state index < -0.39 is 0 Å². The summed E-state index contributed by atoms with van der Waals surface area (Å²) < 4.78 is 10.7. The van der Waals surface area contributed by atoms with Gasteiger partial charge in [0.2, 0.25) is 0 Å². The Morgan fingerprint density at radius 3 is 2.62 bits per heavy atom. The average Bonchev–Trinajstić information content (AvgIpc) is 2.48. The lowest BCUT2D eigenvalue weighted by Crippen LogP contribution is -2.14. The van der Waals surface area contributed by atoms with E-state index in [0.29, 0.717) is 35.0 Å². The van der Waals surface area contributed by atoms with Crippen LogP contribution in [0.5, 0.6) is 11.5 Å². The third kappa shape index (κ3) is 3.45. The van der Waals surface area contributed by atoms with E-state index >= 15 is 0 Å². The van der Waals surface area contributed by atoms with Crippen molar-refractivity contribution in [1.29, 1.82) is 0 Å². The number of methoxy groups -OCH3 is 1. The number of ether oxygens (including phenoxy) is 2. The Kier molecular flexibility index (Phi) is 4.66. The van der Waals surface area contributed by atoms with E-state index in [2.05, 4.69) is 5.32 Å². The first-order chi connectivity index (χ1) is 10.2. The van der Waals surface area contributed by atoms with Gasteiger partial charge in [0.05, 0.1) is 19.3 Å². The molecule has 0 saturated carbocycles. The Morgan fingerprint density at radius 1 is 1.19 bits per heavy atom. The molecular weight excluding hydrogens is 268 g/mol. The predicted octanol–water partition coefficient (Wildman–Crippen LogP) is 2.93. The first kappa shape index (κ1) is 14.7. The van der Waals surface area contributed by atoms with Gasteiger partial charge in [-0.3, -0.25) is 4.79 Å². The maximum absolute atomic E-state index is 12.2. The number of carbonyl (C=O) groups is 1. The van der Waals surface area contributed by atoms with Gasteiger partial charge in [0.1, 0.15) is 0 Å². The van der Waals surface area contributed by atoms with Gasteiger partial charge in [0.25, 0.3) is 5.91 Å². The zero-order valence-corrected chi connectivity index (χ0v) is 12.1. The number of amides is 1. The summed E-state index contributed by atoms with van der Waals surface area (Å²) in [4.78, 5) is 12.2. The van der Waals surface area contributed by atoms with Crippen molar-refractivity contribution in [2.75, 3.05) is 24.8 Å². The lowest BCUT2D eigenvalue weighted by atomic mass is 10.1. The number of nitrogens with two attached hydrogens (primary N) is 1. The van der Waals surface area contributed by atoms with Crippen LogP contribution < -0.4 is 20.5 Å².